The Labute approximate surface area is 162 Å². The fraction of sp³-hybridized carbons (Fsp3) is 0.400. The molecule has 2 aromatic heterocycles. The molecule has 0 radical (unpaired) electrons. The van der Waals surface area contributed by atoms with E-state index in [-0.39, 0.29) is 0 Å². The average molecular weight is 386 g/mol. The highest BCUT2D eigenvalue weighted by molar-refractivity contribution is 7.98. The van der Waals surface area contributed by atoms with E-state index in [4.69, 9.17) is 14.7 Å². The molecular weight excluding hydrogens is 362 g/mol. The zero-order valence-corrected chi connectivity index (χ0v) is 16.8. The van der Waals surface area contributed by atoms with Gasteiger partial charge >= 0.3 is 0 Å². The summed E-state index contributed by atoms with van der Waals surface area (Å²) in [7, 11) is 0. The monoisotopic (exact) mass is 385 g/mol. The summed E-state index contributed by atoms with van der Waals surface area (Å²) in [5, 5.41) is 4.31. The van der Waals surface area contributed by atoms with E-state index >= 15 is 0 Å². The Kier molecular flexibility index (Phi) is 5.43. The van der Waals surface area contributed by atoms with E-state index in [0.29, 0.717) is 6.10 Å². The SMILES string of the molecule is Cc1nc(SCc2csc(-c3ccccc3)n2)n(CC2CCCO2)c1C. The van der Waals surface area contributed by atoms with Gasteiger partial charge in [-0.05, 0) is 26.7 Å². The first-order valence-corrected chi connectivity index (χ1v) is 10.8. The lowest BCUT2D eigenvalue weighted by Gasteiger charge is -2.14. The second-order valence-electron chi connectivity index (χ2n) is 6.61. The van der Waals surface area contributed by atoms with Crippen LogP contribution in [0.5, 0.6) is 0 Å². The van der Waals surface area contributed by atoms with Crippen LogP contribution in [-0.2, 0) is 17.0 Å². The molecule has 1 fully saturated rings. The predicted molar refractivity (Wildman–Crippen MR) is 108 cm³/mol. The molecule has 1 atom stereocenters. The fourth-order valence-corrected chi connectivity index (χ4v) is 5.09. The highest BCUT2D eigenvalue weighted by atomic mass is 32.2. The Bertz CT molecular complexity index is 867. The summed E-state index contributed by atoms with van der Waals surface area (Å²) in [6.45, 7) is 6.03. The molecule has 136 valence electrons. The van der Waals surface area contributed by atoms with Crippen molar-refractivity contribution in [1.29, 1.82) is 0 Å². The number of thiazole rings is 1. The van der Waals surface area contributed by atoms with Gasteiger partial charge in [0.1, 0.15) is 5.01 Å². The molecule has 1 unspecified atom stereocenters. The molecule has 0 bridgehead atoms. The lowest BCUT2D eigenvalue weighted by atomic mass is 10.2. The topological polar surface area (TPSA) is 39.9 Å². The highest BCUT2D eigenvalue weighted by Crippen LogP contribution is 2.29. The van der Waals surface area contributed by atoms with E-state index in [1.54, 1.807) is 23.1 Å². The van der Waals surface area contributed by atoms with Gasteiger partial charge in [0.15, 0.2) is 5.16 Å². The van der Waals surface area contributed by atoms with E-state index in [1.807, 2.05) is 6.07 Å². The molecule has 1 aliphatic rings. The number of nitrogens with zero attached hydrogens (tertiary/aromatic N) is 3. The first-order valence-electron chi connectivity index (χ1n) is 8.98. The Morgan fingerprint density at radius 1 is 1.23 bits per heavy atom. The number of benzene rings is 1. The summed E-state index contributed by atoms with van der Waals surface area (Å²) in [4.78, 5) is 9.57. The van der Waals surface area contributed by atoms with Crippen LogP contribution < -0.4 is 0 Å². The van der Waals surface area contributed by atoms with Crippen molar-refractivity contribution in [2.75, 3.05) is 6.61 Å². The van der Waals surface area contributed by atoms with Gasteiger partial charge in [0.05, 0.1) is 24.0 Å². The Morgan fingerprint density at radius 3 is 2.85 bits per heavy atom. The zero-order valence-electron chi connectivity index (χ0n) is 15.1. The van der Waals surface area contributed by atoms with Crippen molar-refractivity contribution >= 4 is 23.1 Å². The van der Waals surface area contributed by atoms with E-state index < -0.39 is 0 Å². The van der Waals surface area contributed by atoms with Gasteiger partial charge in [-0.15, -0.1) is 11.3 Å². The maximum absolute atomic E-state index is 5.82. The second-order valence-corrected chi connectivity index (χ2v) is 8.41. The third-order valence-electron chi connectivity index (χ3n) is 4.75. The number of thioether (sulfide) groups is 1. The molecule has 1 aliphatic heterocycles. The van der Waals surface area contributed by atoms with Gasteiger partial charge in [0.25, 0.3) is 0 Å². The van der Waals surface area contributed by atoms with E-state index in [2.05, 4.69) is 48.1 Å². The van der Waals surface area contributed by atoms with Gasteiger partial charge in [-0.1, -0.05) is 42.1 Å². The molecule has 1 aromatic carbocycles. The maximum atomic E-state index is 5.82. The molecular formula is C20H23N3OS2. The number of aryl methyl sites for hydroxylation is 1. The van der Waals surface area contributed by atoms with Crippen molar-refractivity contribution in [3.8, 4) is 10.6 Å². The standard InChI is InChI=1S/C20H23N3OS2/c1-14-15(2)23(11-18-9-6-10-24-18)20(21-14)26-13-17-12-25-19(22-17)16-7-4-3-5-8-16/h3-5,7-8,12,18H,6,9-11,13H2,1-2H3. The highest BCUT2D eigenvalue weighted by Gasteiger charge is 2.20. The Hall–Kier alpha value is -1.63. The largest absolute Gasteiger partial charge is 0.376 e. The van der Waals surface area contributed by atoms with Crippen LogP contribution in [0.15, 0.2) is 40.9 Å². The van der Waals surface area contributed by atoms with Crippen molar-refractivity contribution < 1.29 is 4.74 Å². The summed E-state index contributed by atoms with van der Waals surface area (Å²) in [5.41, 5.74) is 4.64. The first kappa shape index (κ1) is 17.8. The number of hydrogen-bond acceptors (Lipinski definition) is 5. The molecule has 4 nitrogen and oxygen atoms in total. The van der Waals surface area contributed by atoms with Gasteiger partial charge in [-0.3, -0.25) is 0 Å². The number of aromatic nitrogens is 3. The van der Waals surface area contributed by atoms with Gasteiger partial charge < -0.3 is 9.30 Å². The lowest BCUT2D eigenvalue weighted by Crippen LogP contribution is -2.16. The summed E-state index contributed by atoms with van der Waals surface area (Å²) < 4.78 is 8.14. The van der Waals surface area contributed by atoms with Crippen molar-refractivity contribution in [2.24, 2.45) is 0 Å². The molecule has 0 saturated carbocycles. The summed E-state index contributed by atoms with van der Waals surface area (Å²) in [6.07, 6.45) is 2.64. The van der Waals surface area contributed by atoms with Gasteiger partial charge in [-0.25, -0.2) is 9.97 Å². The predicted octanol–water partition coefficient (Wildman–Crippen LogP) is 5.09. The zero-order chi connectivity index (χ0) is 17.9. The van der Waals surface area contributed by atoms with Crippen molar-refractivity contribution in [1.82, 2.24) is 14.5 Å². The number of hydrogen-bond donors (Lipinski definition) is 0. The van der Waals surface area contributed by atoms with E-state index in [0.717, 1.165) is 46.9 Å². The van der Waals surface area contributed by atoms with Crippen LogP contribution in [0.2, 0.25) is 0 Å². The molecule has 4 rings (SSSR count). The Balaban J connectivity index is 1.46. The Morgan fingerprint density at radius 2 is 2.08 bits per heavy atom. The average Bonchev–Trinajstić information content (AvgIpc) is 3.39. The molecule has 3 heterocycles. The van der Waals surface area contributed by atoms with Crippen molar-refractivity contribution in [3.05, 3.63) is 52.8 Å². The summed E-state index contributed by atoms with van der Waals surface area (Å²) in [6, 6.07) is 10.4. The quantitative estimate of drug-likeness (QED) is 0.554. The molecule has 1 saturated heterocycles. The number of ether oxygens (including phenoxy) is 1. The normalized spacial score (nSPS) is 17.1. The van der Waals surface area contributed by atoms with Gasteiger partial charge in [0.2, 0.25) is 0 Å². The van der Waals surface area contributed by atoms with Crippen LogP contribution in [0.1, 0.15) is 29.9 Å². The van der Waals surface area contributed by atoms with Crippen molar-refractivity contribution in [3.63, 3.8) is 0 Å². The van der Waals surface area contributed by atoms with Crippen LogP contribution in [0.25, 0.3) is 10.6 Å². The van der Waals surface area contributed by atoms with E-state index in [1.165, 1.54) is 17.7 Å². The smallest absolute Gasteiger partial charge is 0.168 e. The van der Waals surface area contributed by atoms with Crippen molar-refractivity contribution in [2.45, 2.75) is 50.2 Å². The first-order chi connectivity index (χ1) is 12.7. The fourth-order valence-electron chi connectivity index (χ4n) is 3.17. The summed E-state index contributed by atoms with van der Waals surface area (Å²) >= 11 is 3.47. The minimum absolute atomic E-state index is 0.325. The van der Waals surface area contributed by atoms with Crippen LogP contribution >= 0.6 is 23.1 Å². The second kappa shape index (κ2) is 7.94. The van der Waals surface area contributed by atoms with Gasteiger partial charge in [0, 0.05) is 29.0 Å². The molecule has 0 aliphatic carbocycles. The van der Waals surface area contributed by atoms with Crippen LogP contribution in [0.3, 0.4) is 0 Å². The van der Waals surface area contributed by atoms with Crippen LogP contribution in [0.4, 0.5) is 0 Å². The number of rotatable bonds is 6. The molecule has 3 aromatic rings. The molecule has 0 amide bonds. The van der Waals surface area contributed by atoms with E-state index in [9.17, 15) is 0 Å². The third kappa shape index (κ3) is 3.87. The maximum Gasteiger partial charge on any atom is 0.168 e. The summed E-state index contributed by atoms with van der Waals surface area (Å²) in [5.74, 6) is 0.838. The number of imidazole rings is 1. The molecule has 0 spiro atoms. The van der Waals surface area contributed by atoms with Crippen LogP contribution in [-0.4, -0.2) is 27.2 Å². The molecule has 6 heteroatoms. The third-order valence-corrected chi connectivity index (χ3v) is 6.70. The molecule has 0 N–H and O–H groups in total. The molecule has 26 heavy (non-hydrogen) atoms. The minimum atomic E-state index is 0.325. The minimum Gasteiger partial charge on any atom is -0.376 e. The van der Waals surface area contributed by atoms with Crippen LogP contribution in [0, 0.1) is 13.8 Å². The lowest BCUT2D eigenvalue weighted by molar-refractivity contribution is 0.0945. The van der Waals surface area contributed by atoms with Gasteiger partial charge in [-0.2, -0.15) is 0 Å².